The molecule has 0 saturated carbocycles. The molecule has 6 nitrogen and oxygen atoms in total. The molecule has 0 aliphatic heterocycles. The van der Waals surface area contributed by atoms with E-state index in [1.807, 2.05) is 44.2 Å². The number of thioether (sulfide) groups is 1. The monoisotopic (exact) mass is 391 g/mol. The van der Waals surface area contributed by atoms with Gasteiger partial charge in [-0.2, -0.15) is 0 Å². The fourth-order valence-electron chi connectivity index (χ4n) is 2.21. The number of carbonyl (C=O) groups is 2. The largest absolute Gasteiger partial charge is 0.408 e. The van der Waals surface area contributed by atoms with E-state index in [1.165, 1.54) is 11.8 Å². The number of nitrogens with one attached hydrogen (secondary N) is 1. The Balaban J connectivity index is 0.000000337. The highest BCUT2D eigenvalue weighted by molar-refractivity contribution is 7.99. The second-order valence-corrected chi connectivity index (χ2v) is 8.32. The molecule has 2 rings (SSSR count). The Morgan fingerprint density at radius 1 is 1.11 bits per heavy atom. The van der Waals surface area contributed by atoms with Crippen LogP contribution in [0.25, 0.3) is 0 Å². The first-order chi connectivity index (χ1) is 12.7. The maximum atomic E-state index is 12.1. The van der Waals surface area contributed by atoms with Gasteiger partial charge in [0, 0.05) is 10.8 Å². The number of ketones is 2. The van der Waals surface area contributed by atoms with Crippen LogP contribution in [0.2, 0.25) is 0 Å². The number of likely N-dealkylation sites (N-methyl/N-ethyl adjacent to an activating group) is 1. The average molecular weight is 392 g/mol. The molecule has 0 aliphatic carbocycles. The Labute approximate surface area is 165 Å². The number of hydrogen-bond acceptors (Lipinski definition) is 7. The summed E-state index contributed by atoms with van der Waals surface area (Å²) in [4.78, 5) is 22.8. The zero-order valence-corrected chi connectivity index (χ0v) is 17.7. The first kappa shape index (κ1) is 23.0. The molecule has 0 saturated heterocycles. The van der Waals surface area contributed by atoms with E-state index in [0.717, 1.165) is 12.0 Å². The minimum Gasteiger partial charge on any atom is -0.408 e. The first-order valence-corrected chi connectivity index (χ1v) is 9.90. The normalized spacial score (nSPS) is 11.9. The summed E-state index contributed by atoms with van der Waals surface area (Å²) in [5.41, 5.74) is 0.775. The number of aromatic nitrogens is 2. The van der Waals surface area contributed by atoms with Crippen LogP contribution in [0, 0.1) is 5.92 Å². The number of rotatable bonds is 8. The van der Waals surface area contributed by atoms with E-state index >= 15 is 0 Å². The fourth-order valence-corrected chi connectivity index (χ4v) is 2.83. The maximum Gasteiger partial charge on any atom is 0.286 e. The molecule has 0 aliphatic rings. The van der Waals surface area contributed by atoms with E-state index in [9.17, 15) is 9.59 Å². The minimum absolute atomic E-state index is 0.0955. The molecular formula is C20H29N3O3S. The molecular weight excluding hydrogens is 362 g/mol. The van der Waals surface area contributed by atoms with Crippen molar-refractivity contribution in [2.24, 2.45) is 5.92 Å². The number of Topliss-reactive ketones (excluding diaryl/α,β-unsaturated/α-hetero) is 2. The molecule has 1 aromatic carbocycles. The molecule has 0 unspecified atom stereocenters. The van der Waals surface area contributed by atoms with E-state index < -0.39 is 0 Å². The molecule has 0 spiro atoms. The van der Waals surface area contributed by atoms with E-state index in [1.54, 1.807) is 14.0 Å². The van der Waals surface area contributed by atoms with Crippen molar-refractivity contribution in [3.63, 3.8) is 0 Å². The summed E-state index contributed by atoms with van der Waals surface area (Å²) in [6, 6.07) is 8.97. The molecule has 1 heterocycles. The van der Waals surface area contributed by atoms with Crippen LogP contribution in [0.5, 0.6) is 0 Å². The SMILES string of the molecule is CC(=O)c1ccccc1.CN[C@@H](CC(C)C)C(=O)c1nnc(SC(C)C)o1. The summed E-state index contributed by atoms with van der Waals surface area (Å²) in [6.45, 7) is 9.78. The Morgan fingerprint density at radius 2 is 1.74 bits per heavy atom. The van der Waals surface area contributed by atoms with Crippen molar-refractivity contribution < 1.29 is 14.0 Å². The van der Waals surface area contributed by atoms with Crippen LogP contribution in [-0.2, 0) is 0 Å². The highest BCUT2D eigenvalue weighted by Crippen LogP contribution is 2.21. The summed E-state index contributed by atoms with van der Waals surface area (Å²) in [7, 11) is 1.77. The van der Waals surface area contributed by atoms with Gasteiger partial charge in [-0.3, -0.25) is 9.59 Å². The molecule has 0 bridgehead atoms. The standard InChI is InChI=1S/C12H21N3O2S.C8H8O/c1-7(2)6-9(13-5)10(16)11-14-15-12(17-11)18-8(3)4;1-7(9)8-5-3-2-4-6-8/h7-9,13H,6H2,1-5H3;2-6H,1H3/t9-;/m0./s1. The van der Waals surface area contributed by atoms with E-state index in [4.69, 9.17) is 4.42 Å². The summed E-state index contributed by atoms with van der Waals surface area (Å²) in [6.07, 6.45) is 0.754. The second kappa shape index (κ2) is 11.7. The van der Waals surface area contributed by atoms with Crippen LogP contribution < -0.4 is 5.32 Å². The van der Waals surface area contributed by atoms with Gasteiger partial charge in [0.05, 0.1) is 6.04 Å². The molecule has 1 atom stereocenters. The quantitative estimate of drug-likeness (QED) is 0.531. The van der Waals surface area contributed by atoms with Crippen LogP contribution in [0.3, 0.4) is 0 Å². The van der Waals surface area contributed by atoms with Gasteiger partial charge in [0.25, 0.3) is 11.1 Å². The van der Waals surface area contributed by atoms with Gasteiger partial charge in [0.2, 0.25) is 5.78 Å². The van der Waals surface area contributed by atoms with Gasteiger partial charge >= 0.3 is 0 Å². The fraction of sp³-hybridized carbons (Fsp3) is 0.500. The van der Waals surface area contributed by atoms with Crippen LogP contribution in [0.15, 0.2) is 40.0 Å². The zero-order valence-electron chi connectivity index (χ0n) is 16.9. The lowest BCUT2D eigenvalue weighted by Crippen LogP contribution is -2.35. The van der Waals surface area contributed by atoms with Gasteiger partial charge in [-0.15, -0.1) is 10.2 Å². The highest BCUT2D eigenvalue weighted by atomic mass is 32.2. The highest BCUT2D eigenvalue weighted by Gasteiger charge is 2.24. The van der Waals surface area contributed by atoms with Crippen molar-refractivity contribution in [2.45, 2.75) is 57.6 Å². The van der Waals surface area contributed by atoms with E-state index in [0.29, 0.717) is 16.4 Å². The van der Waals surface area contributed by atoms with Crippen molar-refractivity contribution in [3.05, 3.63) is 41.8 Å². The van der Waals surface area contributed by atoms with Crippen molar-refractivity contribution in [1.82, 2.24) is 15.5 Å². The Kier molecular flexibility index (Phi) is 9.96. The Hall–Kier alpha value is -1.99. The lowest BCUT2D eigenvalue weighted by atomic mass is 10.0. The molecule has 0 amide bonds. The number of benzene rings is 1. The molecule has 7 heteroatoms. The van der Waals surface area contributed by atoms with Gasteiger partial charge in [-0.25, -0.2) is 0 Å². The third-order valence-corrected chi connectivity index (χ3v) is 4.34. The van der Waals surface area contributed by atoms with Gasteiger partial charge in [0.1, 0.15) is 0 Å². The molecule has 1 aromatic heterocycles. The lowest BCUT2D eigenvalue weighted by molar-refractivity contribution is 0.0894. The van der Waals surface area contributed by atoms with Gasteiger partial charge in [-0.1, -0.05) is 69.8 Å². The van der Waals surface area contributed by atoms with Crippen LogP contribution in [0.1, 0.15) is 62.1 Å². The number of hydrogen-bond donors (Lipinski definition) is 1. The third-order valence-electron chi connectivity index (χ3n) is 3.51. The first-order valence-electron chi connectivity index (χ1n) is 9.02. The topological polar surface area (TPSA) is 85.1 Å². The Bertz CT molecular complexity index is 714. The zero-order chi connectivity index (χ0) is 20.4. The lowest BCUT2D eigenvalue weighted by Gasteiger charge is -2.14. The second-order valence-electron chi connectivity index (χ2n) is 6.80. The van der Waals surface area contributed by atoms with Crippen molar-refractivity contribution in [1.29, 1.82) is 0 Å². The van der Waals surface area contributed by atoms with Crippen LogP contribution in [-0.4, -0.2) is 40.1 Å². The molecule has 0 radical (unpaired) electrons. The number of carbonyl (C=O) groups excluding carboxylic acids is 2. The minimum atomic E-state index is -0.262. The number of nitrogens with zero attached hydrogens (tertiary/aromatic N) is 2. The average Bonchev–Trinajstić information content (AvgIpc) is 3.08. The summed E-state index contributed by atoms with van der Waals surface area (Å²) >= 11 is 1.46. The predicted molar refractivity (Wildman–Crippen MR) is 108 cm³/mol. The van der Waals surface area contributed by atoms with E-state index in [2.05, 4.69) is 29.4 Å². The maximum absolute atomic E-state index is 12.1. The van der Waals surface area contributed by atoms with Gasteiger partial charge in [-0.05, 0) is 26.3 Å². The predicted octanol–water partition coefficient (Wildman–Crippen LogP) is 4.28. The van der Waals surface area contributed by atoms with Crippen molar-refractivity contribution >= 4 is 23.3 Å². The summed E-state index contributed by atoms with van der Waals surface area (Å²) in [5, 5.41) is 11.5. The summed E-state index contributed by atoms with van der Waals surface area (Å²) in [5.74, 6) is 0.516. The molecule has 27 heavy (non-hydrogen) atoms. The molecule has 148 valence electrons. The smallest absolute Gasteiger partial charge is 0.286 e. The molecule has 0 fully saturated rings. The van der Waals surface area contributed by atoms with Crippen molar-refractivity contribution in [2.75, 3.05) is 7.05 Å². The molecule has 2 aromatic rings. The third kappa shape index (κ3) is 8.49. The Morgan fingerprint density at radius 3 is 2.19 bits per heavy atom. The van der Waals surface area contributed by atoms with Gasteiger partial charge in [0.15, 0.2) is 5.78 Å². The van der Waals surface area contributed by atoms with Crippen LogP contribution in [0.4, 0.5) is 0 Å². The van der Waals surface area contributed by atoms with Gasteiger partial charge < -0.3 is 9.73 Å². The van der Waals surface area contributed by atoms with E-state index in [-0.39, 0.29) is 23.5 Å². The van der Waals surface area contributed by atoms with Crippen LogP contribution >= 0.6 is 11.8 Å². The summed E-state index contributed by atoms with van der Waals surface area (Å²) < 4.78 is 5.37. The van der Waals surface area contributed by atoms with Crippen molar-refractivity contribution in [3.8, 4) is 0 Å². The molecule has 1 N–H and O–H groups in total.